The molecule has 0 radical (unpaired) electrons. The van der Waals surface area contributed by atoms with E-state index >= 15 is 0 Å². The Bertz CT molecular complexity index is 1410. The SMILES string of the molecule is CC(=O)C1=C(O)[C@@]2(O)C(=O)C3=C(O)c4c(O)ccc(CCCNS(C)(=O)=O)c4C[C@H]3C[C@H]2[C@H](N(C)C)C1=O. The normalized spacial score (nSPS) is 27.4. The van der Waals surface area contributed by atoms with Crippen LogP contribution < -0.4 is 4.72 Å². The molecule has 0 spiro atoms. The van der Waals surface area contributed by atoms with Crippen LogP contribution in [0.25, 0.3) is 5.76 Å². The maximum absolute atomic E-state index is 13.8. The molecule has 4 rings (SSSR count). The van der Waals surface area contributed by atoms with Crippen LogP contribution in [0.4, 0.5) is 0 Å². The van der Waals surface area contributed by atoms with Gasteiger partial charge in [0.2, 0.25) is 15.8 Å². The highest BCUT2D eigenvalue weighted by atomic mass is 32.2. The van der Waals surface area contributed by atoms with Crippen molar-refractivity contribution in [2.45, 2.75) is 44.2 Å². The lowest BCUT2D eigenvalue weighted by atomic mass is 9.57. The van der Waals surface area contributed by atoms with Crippen molar-refractivity contribution in [1.82, 2.24) is 9.62 Å². The maximum atomic E-state index is 13.8. The first-order valence-corrected chi connectivity index (χ1v) is 14.1. The van der Waals surface area contributed by atoms with Gasteiger partial charge in [0, 0.05) is 18.0 Å². The maximum Gasteiger partial charge on any atom is 0.208 e. The summed E-state index contributed by atoms with van der Waals surface area (Å²) in [5.41, 5.74) is -2.06. The molecule has 12 heteroatoms. The van der Waals surface area contributed by atoms with Gasteiger partial charge < -0.3 is 20.4 Å². The van der Waals surface area contributed by atoms with Crippen LogP contribution in [-0.4, -0.2) is 89.6 Å². The number of likely N-dealkylation sites (N-methyl/N-ethyl adjacent to an activating group) is 1. The van der Waals surface area contributed by atoms with E-state index < -0.39 is 67.9 Å². The molecular formula is C26H32N2O9S. The fourth-order valence-corrected chi connectivity index (χ4v) is 6.70. The molecule has 206 valence electrons. The molecule has 0 bridgehead atoms. The number of aliphatic hydroxyl groups excluding tert-OH is 2. The molecule has 0 heterocycles. The molecule has 11 nitrogen and oxygen atoms in total. The van der Waals surface area contributed by atoms with E-state index in [2.05, 4.69) is 4.72 Å². The molecule has 1 fully saturated rings. The zero-order valence-electron chi connectivity index (χ0n) is 21.6. The van der Waals surface area contributed by atoms with Crippen molar-refractivity contribution in [3.05, 3.63) is 45.7 Å². The Hall–Kier alpha value is -3.06. The number of benzene rings is 1. The number of nitrogens with zero attached hydrogens (tertiary/aromatic N) is 1. The van der Waals surface area contributed by atoms with Gasteiger partial charge >= 0.3 is 0 Å². The third-order valence-corrected chi connectivity index (χ3v) is 8.52. The Morgan fingerprint density at radius 3 is 2.42 bits per heavy atom. The number of aromatic hydroxyl groups is 1. The molecule has 1 saturated carbocycles. The summed E-state index contributed by atoms with van der Waals surface area (Å²) in [6.45, 7) is 1.25. The van der Waals surface area contributed by atoms with Crippen LogP contribution in [0.5, 0.6) is 5.75 Å². The van der Waals surface area contributed by atoms with Gasteiger partial charge in [0.25, 0.3) is 0 Å². The highest BCUT2D eigenvalue weighted by Crippen LogP contribution is 2.53. The second kappa shape index (κ2) is 9.60. The summed E-state index contributed by atoms with van der Waals surface area (Å²) < 4.78 is 25.2. The van der Waals surface area contributed by atoms with E-state index in [0.717, 1.165) is 18.7 Å². The zero-order chi connectivity index (χ0) is 28.3. The van der Waals surface area contributed by atoms with Crippen LogP contribution in [0.1, 0.15) is 36.5 Å². The van der Waals surface area contributed by atoms with E-state index in [1.165, 1.54) is 11.0 Å². The van der Waals surface area contributed by atoms with E-state index in [1.807, 2.05) is 0 Å². The minimum Gasteiger partial charge on any atom is -0.508 e. The number of aliphatic hydroxyl groups is 3. The zero-order valence-corrected chi connectivity index (χ0v) is 22.4. The van der Waals surface area contributed by atoms with Crippen molar-refractivity contribution in [3.8, 4) is 5.75 Å². The first-order chi connectivity index (χ1) is 17.6. The largest absolute Gasteiger partial charge is 0.508 e. The average molecular weight is 549 g/mol. The third-order valence-electron chi connectivity index (χ3n) is 7.79. The van der Waals surface area contributed by atoms with Gasteiger partial charge in [-0.2, -0.15) is 0 Å². The van der Waals surface area contributed by atoms with Crippen LogP contribution in [-0.2, 0) is 37.2 Å². The fraction of sp³-hybridized carbons (Fsp3) is 0.500. The number of phenols is 1. The highest BCUT2D eigenvalue weighted by molar-refractivity contribution is 7.88. The van der Waals surface area contributed by atoms with E-state index in [9.17, 15) is 43.2 Å². The molecule has 0 unspecified atom stereocenters. The molecule has 0 aliphatic heterocycles. The summed E-state index contributed by atoms with van der Waals surface area (Å²) in [6.07, 6.45) is 2.16. The van der Waals surface area contributed by atoms with Crippen LogP contribution in [0.2, 0.25) is 0 Å². The Morgan fingerprint density at radius 2 is 1.84 bits per heavy atom. The molecule has 0 amide bonds. The quantitative estimate of drug-likeness (QED) is 0.238. The molecular weight excluding hydrogens is 516 g/mol. The molecule has 0 aromatic heterocycles. The lowest BCUT2D eigenvalue weighted by Gasteiger charge is -2.50. The summed E-state index contributed by atoms with van der Waals surface area (Å²) >= 11 is 0. The Morgan fingerprint density at radius 1 is 1.18 bits per heavy atom. The van der Waals surface area contributed by atoms with Gasteiger partial charge in [-0.25, -0.2) is 13.1 Å². The lowest BCUT2D eigenvalue weighted by Crippen LogP contribution is -2.65. The Kier molecular flexibility index (Phi) is 7.06. The number of carbonyl (C=O) groups excluding carboxylic acids is 3. The number of ketones is 3. The predicted molar refractivity (Wildman–Crippen MR) is 137 cm³/mol. The van der Waals surface area contributed by atoms with Crippen molar-refractivity contribution in [1.29, 1.82) is 0 Å². The lowest BCUT2D eigenvalue weighted by molar-refractivity contribution is -0.153. The van der Waals surface area contributed by atoms with Gasteiger partial charge in [0.05, 0.1) is 17.9 Å². The molecule has 3 aliphatic rings. The highest BCUT2D eigenvalue weighted by Gasteiger charge is 2.64. The van der Waals surface area contributed by atoms with E-state index in [1.54, 1.807) is 20.2 Å². The van der Waals surface area contributed by atoms with Gasteiger partial charge in [-0.15, -0.1) is 0 Å². The second-order valence-corrected chi connectivity index (χ2v) is 12.4. The average Bonchev–Trinajstić information content (AvgIpc) is 2.79. The first-order valence-electron chi connectivity index (χ1n) is 12.3. The first kappa shape index (κ1) is 28.0. The van der Waals surface area contributed by atoms with E-state index in [0.29, 0.717) is 18.4 Å². The molecule has 38 heavy (non-hydrogen) atoms. The number of Topliss-reactive ketones (excluding diaryl/α,β-unsaturated/α-hetero) is 3. The molecule has 4 atom stereocenters. The number of rotatable bonds is 7. The number of sulfonamides is 1. The Labute approximate surface area is 220 Å². The van der Waals surface area contributed by atoms with Crippen LogP contribution >= 0.6 is 0 Å². The van der Waals surface area contributed by atoms with Crippen LogP contribution in [0.3, 0.4) is 0 Å². The number of carbonyl (C=O) groups is 3. The van der Waals surface area contributed by atoms with Crippen molar-refractivity contribution in [2.24, 2.45) is 11.8 Å². The minimum absolute atomic E-state index is 0.0338. The predicted octanol–water partition coefficient (Wildman–Crippen LogP) is 0.550. The number of nitrogens with one attached hydrogen (secondary N) is 1. The number of aryl methyl sites for hydroxylation is 1. The molecule has 1 aromatic carbocycles. The molecule has 0 saturated heterocycles. The van der Waals surface area contributed by atoms with Crippen molar-refractivity contribution < 1.29 is 43.2 Å². The van der Waals surface area contributed by atoms with Crippen molar-refractivity contribution in [2.75, 3.05) is 26.9 Å². The summed E-state index contributed by atoms with van der Waals surface area (Å²) in [5.74, 6) is -6.05. The molecule has 3 aliphatic carbocycles. The van der Waals surface area contributed by atoms with Gasteiger partial charge in [-0.3, -0.25) is 19.3 Å². The minimum atomic E-state index is -3.36. The third kappa shape index (κ3) is 4.35. The standard InChI is InChI=1S/C26H32N2O9S/c1-12(29)18-23(32)21(28(2)3)16-11-14-10-15-13(6-5-9-27-38(4,36)37)7-8-17(30)20(15)22(31)19(14)25(34)26(16,35)24(18)33/h7-8,14,16,21,27,30-31,33,35H,5-6,9-11H2,1-4H3/t14-,16-,21-,26+/m0/s1. The summed E-state index contributed by atoms with van der Waals surface area (Å²) in [6, 6.07) is 1.97. The Balaban J connectivity index is 1.82. The van der Waals surface area contributed by atoms with Crippen molar-refractivity contribution >= 4 is 33.1 Å². The molecule has 1 aromatic rings. The van der Waals surface area contributed by atoms with Crippen molar-refractivity contribution in [3.63, 3.8) is 0 Å². The van der Waals surface area contributed by atoms with Gasteiger partial charge in [0.15, 0.2) is 17.2 Å². The summed E-state index contributed by atoms with van der Waals surface area (Å²) in [7, 11) is -0.203. The van der Waals surface area contributed by atoms with Gasteiger partial charge in [-0.05, 0) is 69.8 Å². The topological polar surface area (TPSA) is 182 Å². The summed E-state index contributed by atoms with van der Waals surface area (Å²) in [5, 5.41) is 44.5. The van der Waals surface area contributed by atoms with Gasteiger partial charge in [-0.1, -0.05) is 6.07 Å². The van der Waals surface area contributed by atoms with E-state index in [4.69, 9.17) is 0 Å². The van der Waals surface area contributed by atoms with E-state index in [-0.39, 0.29) is 36.3 Å². The number of fused-ring (bicyclic) bond motifs is 3. The van der Waals surface area contributed by atoms with Crippen LogP contribution in [0, 0.1) is 11.8 Å². The van der Waals surface area contributed by atoms with Crippen LogP contribution in [0.15, 0.2) is 29.0 Å². The number of hydrogen-bond acceptors (Lipinski definition) is 10. The molecule has 5 N–H and O–H groups in total. The second-order valence-electron chi connectivity index (χ2n) is 10.5. The van der Waals surface area contributed by atoms with Gasteiger partial charge in [0.1, 0.15) is 22.8 Å². The smallest absolute Gasteiger partial charge is 0.208 e. The number of hydrogen-bond donors (Lipinski definition) is 5. The fourth-order valence-electron chi connectivity index (χ4n) is 6.18. The monoisotopic (exact) mass is 548 g/mol. The number of phenolic OH excluding ortho intramolecular Hbond substituents is 1. The summed E-state index contributed by atoms with van der Waals surface area (Å²) in [4.78, 5) is 40.8.